The van der Waals surface area contributed by atoms with Gasteiger partial charge in [0.25, 0.3) is 0 Å². The van der Waals surface area contributed by atoms with Gasteiger partial charge in [0.15, 0.2) is 5.78 Å². The molecular weight excluding hydrogens is 236 g/mol. The highest BCUT2D eigenvalue weighted by atomic mass is 16.2. The molecule has 0 N–H and O–H groups in total. The Labute approximate surface area is 114 Å². The molecule has 2 nitrogen and oxygen atoms in total. The SMILES string of the molecule is CC1(C)[C@H]2CC[C@]1(C)C(=O)[C@@H]2C(=O)c1ccccc1. The van der Waals surface area contributed by atoms with E-state index >= 15 is 0 Å². The van der Waals surface area contributed by atoms with E-state index in [0.29, 0.717) is 5.56 Å². The second-order valence-corrected chi connectivity index (χ2v) is 6.77. The van der Waals surface area contributed by atoms with Crippen molar-refractivity contribution in [3.63, 3.8) is 0 Å². The van der Waals surface area contributed by atoms with Crippen molar-refractivity contribution in [1.29, 1.82) is 0 Å². The molecule has 2 heteroatoms. The maximum absolute atomic E-state index is 12.7. The fourth-order valence-corrected chi connectivity index (χ4v) is 4.17. The van der Waals surface area contributed by atoms with E-state index in [1.54, 1.807) is 0 Å². The molecule has 2 bridgehead atoms. The van der Waals surface area contributed by atoms with Gasteiger partial charge in [-0.05, 0) is 24.2 Å². The van der Waals surface area contributed by atoms with Gasteiger partial charge in [0.05, 0.1) is 5.92 Å². The minimum absolute atomic E-state index is 0.0205. The molecule has 2 fully saturated rings. The molecule has 19 heavy (non-hydrogen) atoms. The molecule has 3 rings (SSSR count). The Hall–Kier alpha value is -1.44. The van der Waals surface area contributed by atoms with Crippen molar-refractivity contribution < 1.29 is 9.59 Å². The van der Waals surface area contributed by atoms with E-state index in [4.69, 9.17) is 0 Å². The third-order valence-electron chi connectivity index (χ3n) is 5.87. The van der Waals surface area contributed by atoms with E-state index in [0.717, 1.165) is 12.8 Å². The Morgan fingerprint density at radius 3 is 2.32 bits per heavy atom. The van der Waals surface area contributed by atoms with Gasteiger partial charge in [0.2, 0.25) is 0 Å². The minimum Gasteiger partial charge on any atom is -0.298 e. The first-order valence-electron chi connectivity index (χ1n) is 7.03. The zero-order valence-corrected chi connectivity index (χ0v) is 11.8. The number of rotatable bonds is 2. The summed E-state index contributed by atoms with van der Waals surface area (Å²) in [5.74, 6) is -0.0245. The first kappa shape index (κ1) is 12.6. The van der Waals surface area contributed by atoms with Crippen LogP contribution in [0.25, 0.3) is 0 Å². The van der Waals surface area contributed by atoms with Gasteiger partial charge in [0.1, 0.15) is 5.78 Å². The first-order chi connectivity index (χ1) is 8.89. The number of benzene rings is 1. The normalized spacial score (nSPS) is 35.6. The van der Waals surface area contributed by atoms with Crippen molar-refractivity contribution >= 4 is 11.6 Å². The van der Waals surface area contributed by atoms with Gasteiger partial charge >= 0.3 is 0 Å². The van der Waals surface area contributed by atoms with Crippen LogP contribution in [0.5, 0.6) is 0 Å². The number of hydrogen-bond donors (Lipinski definition) is 0. The largest absolute Gasteiger partial charge is 0.298 e. The van der Waals surface area contributed by atoms with Gasteiger partial charge in [-0.15, -0.1) is 0 Å². The van der Waals surface area contributed by atoms with Crippen molar-refractivity contribution in [3.8, 4) is 0 Å². The van der Waals surface area contributed by atoms with E-state index in [-0.39, 0.29) is 28.3 Å². The molecule has 0 aromatic heterocycles. The van der Waals surface area contributed by atoms with Crippen molar-refractivity contribution in [2.75, 3.05) is 0 Å². The fourth-order valence-electron chi connectivity index (χ4n) is 4.17. The molecule has 0 spiro atoms. The highest BCUT2D eigenvalue weighted by Gasteiger charge is 2.67. The van der Waals surface area contributed by atoms with Crippen molar-refractivity contribution in [2.24, 2.45) is 22.7 Å². The number of ketones is 2. The van der Waals surface area contributed by atoms with Crippen LogP contribution in [-0.2, 0) is 4.79 Å². The molecule has 0 amide bonds. The molecular formula is C17H20O2. The summed E-state index contributed by atoms with van der Waals surface area (Å²) in [5.41, 5.74) is 0.305. The molecule has 2 aliphatic rings. The summed E-state index contributed by atoms with van der Waals surface area (Å²) in [5, 5.41) is 0. The lowest BCUT2D eigenvalue weighted by Gasteiger charge is -2.32. The molecule has 1 aromatic rings. The van der Waals surface area contributed by atoms with Gasteiger partial charge in [-0.2, -0.15) is 0 Å². The Balaban J connectivity index is 2.01. The number of Topliss-reactive ketones (excluding diaryl/α,β-unsaturated/α-hetero) is 2. The van der Waals surface area contributed by atoms with Crippen LogP contribution in [-0.4, -0.2) is 11.6 Å². The molecule has 0 aliphatic heterocycles. The predicted octanol–water partition coefficient (Wildman–Crippen LogP) is 3.51. The lowest BCUT2D eigenvalue weighted by molar-refractivity contribution is -0.130. The summed E-state index contributed by atoms with van der Waals surface area (Å²) in [6.45, 7) is 6.36. The van der Waals surface area contributed by atoms with Gasteiger partial charge in [-0.25, -0.2) is 0 Å². The highest BCUT2D eigenvalue weighted by molar-refractivity contribution is 6.14. The quantitative estimate of drug-likeness (QED) is 0.599. The lowest BCUT2D eigenvalue weighted by Crippen LogP contribution is -2.35. The highest BCUT2D eigenvalue weighted by Crippen LogP contribution is 2.66. The van der Waals surface area contributed by atoms with Gasteiger partial charge in [-0.3, -0.25) is 9.59 Å². The zero-order valence-electron chi connectivity index (χ0n) is 11.8. The van der Waals surface area contributed by atoms with Crippen LogP contribution in [0.3, 0.4) is 0 Å². The standard InChI is InChI=1S/C17H20O2/c1-16(2)12-9-10-17(16,3)15(19)13(12)14(18)11-7-5-4-6-8-11/h4-8,12-13H,9-10H2,1-3H3/t12-,13-,17+/m0/s1. The van der Waals surface area contributed by atoms with Gasteiger partial charge in [0, 0.05) is 11.0 Å². The maximum Gasteiger partial charge on any atom is 0.173 e. The molecule has 0 unspecified atom stereocenters. The van der Waals surface area contributed by atoms with Crippen LogP contribution in [0.1, 0.15) is 44.0 Å². The van der Waals surface area contributed by atoms with Crippen LogP contribution < -0.4 is 0 Å². The summed E-state index contributed by atoms with van der Waals surface area (Å²) < 4.78 is 0. The summed E-state index contributed by atoms with van der Waals surface area (Å²) >= 11 is 0. The minimum atomic E-state index is -0.420. The van der Waals surface area contributed by atoms with Crippen molar-refractivity contribution in [2.45, 2.75) is 33.6 Å². The fraction of sp³-hybridized carbons (Fsp3) is 0.529. The summed E-state index contributed by atoms with van der Waals surface area (Å²) in [4.78, 5) is 25.4. The van der Waals surface area contributed by atoms with E-state index in [1.807, 2.05) is 37.3 Å². The molecule has 2 saturated carbocycles. The Morgan fingerprint density at radius 1 is 1.16 bits per heavy atom. The number of fused-ring (bicyclic) bond motifs is 2. The molecule has 100 valence electrons. The summed E-state index contributed by atoms with van der Waals surface area (Å²) in [7, 11) is 0. The molecule has 0 radical (unpaired) electrons. The van der Waals surface area contributed by atoms with Gasteiger partial charge < -0.3 is 0 Å². The van der Waals surface area contributed by atoms with Crippen LogP contribution in [0.15, 0.2) is 30.3 Å². The second-order valence-electron chi connectivity index (χ2n) is 6.77. The zero-order chi connectivity index (χ0) is 13.8. The average Bonchev–Trinajstić information content (AvgIpc) is 2.71. The van der Waals surface area contributed by atoms with E-state index in [1.165, 1.54) is 0 Å². The number of carbonyl (C=O) groups is 2. The average molecular weight is 256 g/mol. The lowest BCUT2D eigenvalue weighted by atomic mass is 9.70. The van der Waals surface area contributed by atoms with Crippen LogP contribution in [0.2, 0.25) is 0 Å². The molecule has 2 aliphatic carbocycles. The number of hydrogen-bond acceptors (Lipinski definition) is 2. The van der Waals surface area contributed by atoms with Crippen molar-refractivity contribution in [1.82, 2.24) is 0 Å². The third kappa shape index (κ3) is 1.43. The Morgan fingerprint density at radius 2 is 1.79 bits per heavy atom. The Kier molecular flexibility index (Phi) is 2.51. The van der Waals surface area contributed by atoms with E-state index in [9.17, 15) is 9.59 Å². The molecule has 0 saturated heterocycles. The summed E-state index contributed by atoms with van der Waals surface area (Å²) in [6.07, 6.45) is 1.93. The predicted molar refractivity (Wildman–Crippen MR) is 73.9 cm³/mol. The maximum atomic E-state index is 12.7. The van der Waals surface area contributed by atoms with Gasteiger partial charge in [-0.1, -0.05) is 51.1 Å². The molecule has 1 aromatic carbocycles. The molecule has 0 heterocycles. The van der Waals surface area contributed by atoms with Crippen LogP contribution in [0.4, 0.5) is 0 Å². The molecule has 3 atom stereocenters. The monoisotopic (exact) mass is 256 g/mol. The third-order valence-corrected chi connectivity index (χ3v) is 5.87. The van der Waals surface area contributed by atoms with E-state index < -0.39 is 5.92 Å². The topological polar surface area (TPSA) is 34.1 Å². The van der Waals surface area contributed by atoms with Crippen LogP contribution in [0, 0.1) is 22.7 Å². The van der Waals surface area contributed by atoms with E-state index in [2.05, 4.69) is 13.8 Å². The summed E-state index contributed by atoms with van der Waals surface area (Å²) in [6, 6.07) is 9.24. The first-order valence-corrected chi connectivity index (χ1v) is 7.03. The second kappa shape index (κ2) is 3.78. The smallest absolute Gasteiger partial charge is 0.173 e. The Bertz CT molecular complexity index is 544. The number of carbonyl (C=O) groups excluding carboxylic acids is 2. The van der Waals surface area contributed by atoms with Crippen molar-refractivity contribution in [3.05, 3.63) is 35.9 Å². The van der Waals surface area contributed by atoms with Crippen LogP contribution >= 0.6 is 0 Å².